The topological polar surface area (TPSA) is 68.5 Å². The van der Waals surface area contributed by atoms with Gasteiger partial charge in [0.15, 0.2) is 11.9 Å². The minimum Gasteiger partial charge on any atom is -0.475 e. The predicted molar refractivity (Wildman–Crippen MR) is 100 cm³/mol. The molecule has 1 amide bonds. The summed E-state index contributed by atoms with van der Waals surface area (Å²) in [5.41, 5.74) is 1.75. The summed E-state index contributed by atoms with van der Waals surface area (Å²) < 4.78 is 77.1. The maximum absolute atomic E-state index is 13.7. The van der Waals surface area contributed by atoms with Crippen LogP contribution in [0.4, 0.5) is 22.0 Å². The molecule has 0 bridgehead atoms. The smallest absolute Gasteiger partial charge is 0.336 e. The number of benzene rings is 2. The molecule has 1 aromatic heterocycles. The van der Waals surface area contributed by atoms with E-state index in [-0.39, 0.29) is 6.54 Å². The molecule has 0 radical (unpaired) electrons. The van der Waals surface area contributed by atoms with Crippen LogP contribution in [-0.4, -0.2) is 12.0 Å². The SMILES string of the molecule is Cc1ccc2c(CNC(=O)C(C)Oc3c(F)c(F)c(F)c(F)c3F)cc(=O)oc2c1C. The molecule has 1 atom stereocenters. The molecule has 0 aliphatic carbocycles. The summed E-state index contributed by atoms with van der Waals surface area (Å²) in [6, 6.07) is 4.68. The van der Waals surface area contributed by atoms with Crippen LogP contribution in [0, 0.1) is 42.9 Å². The Morgan fingerprint density at radius 2 is 1.61 bits per heavy atom. The van der Waals surface area contributed by atoms with Crippen molar-refractivity contribution in [3.8, 4) is 5.75 Å². The van der Waals surface area contributed by atoms with E-state index >= 15 is 0 Å². The molecule has 2 aromatic carbocycles. The predicted octanol–water partition coefficient (Wildman–Crippen LogP) is 4.19. The second-order valence-electron chi connectivity index (χ2n) is 6.85. The van der Waals surface area contributed by atoms with Crippen molar-refractivity contribution in [2.75, 3.05) is 0 Å². The van der Waals surface area contributed by atoms with E-state index in [1.807, 2.05) is 6.92 Å². The van der Waals surface area contributed by atoms with Gasteiger partial charge in [-0.3, -0.25) is 4.79 Å². The van der Waals surface area contributed by atoms with Gasteiger partial charge in [0.2, 0.25) is 29.1 Å². The molecule has 10 heteroatoms. The lowest BCUT2D eigenvalue weighted by atomic mass is 10.0. The Kier molecular flexibility index (Phi) is 6.01. The molecule has 3 aromatic rings. The Morgan fingerprint density at radius 3 is 2.23 bits per heavy atom. The van der Waals surface area contributed by atoms with Crippen molar-refractivity contribution in [3.05, 3.63) is 74.4 Å². The second kappa shape index (κ2) is 8.37. The number of hydrogen-bond acceptors (Lipinski definition) is 4. The molecule has 31 heavy (non-hydrogen) atoms. The molecule has 5 nitrogen and oxygen atoms in total. The first-order valence-electron chi connectivity index (χ1n) is 9.01. The van der Waals surface area contributed by atoms with Gasteiger partial charge in [0.05, 0.1) is 0 Å². The van der Waals surface area contributed by atoms with E-state index in [4.69, 9.17) is 9.15 Å². The molecule has 0 aliphatic heterocycles. The maximum atomic E-state index is 13.7. The van der Waals surface area contributed by atoms with Crippen LogP contribution >= 0.6 is 0 Å². The number of fused-ring (bicyclic) bond motifs is 1. The third-order valence-electron chi connectivity index (χ3n) is 4.80. The fourth-order valence-electron chi connectivity index (χ4n) is 2.92. The summed E-state index contributed by atoms with van der Waals surface area (Å²) in [7, 11) is 0. The van der Waals surface area contributed by atoms with Crippen LogP contribution < -0.4 is 15.7 Å². The van der Waals surface area contributed by atoms with Crippen LogP contribution in [0.3, 0.4) is 0 Å². The van der Waals surface area contributed by atoms with E-state index in [0.29, 0.717) is 16.5 Å². The molecule has 1 unspecified atom stereocenters. The van der Waals surface area contributed by atoms with Crippen LogP contribution in [0.2, 0.25) is 0 Å². The molecule has 0 spiro atoms. The van der Waals surface area contributed by atoms with Crippen molar-refractivity contribution in [2.45, 2.75) is 33.4 Å². The summed E-state index contributed by atoms with van der Waals surface area (Å²) in [6.45, 7) is 4.50. The largest absolute Gasteiger partial charge is 0.475 e. The van der Waals surface area contributed by atoms with Crippen LogP contribution in [0.15, 0.2) is 27.4 Å². The number of nitrogens with one attached hydrogen (secondary N) is 1. The highest BCUT2D eigenvalue weighted by molar-refractivity contribution is 5.85. The van der Waals surface area contributed by atoms with Crippen molar-refractivity contribution in [1.29, 1.82) is 0 Å². The van der Waals surface area contributed by atoms with Crippen LogP contribution in [0.1, 0.15) is 23.6 Å². The van der Waals surface area contributed by atoms with E-state index in [2.05, 4.69) is 5.32 Å². The average Bonchev–Trinajstić information content (AvgIpc) is 2.74. The highest BCUT2D eigenvalue weighted by Crippen LogP contribution is 2.30. The number of aryl methyl sites for hydroxylation is 2. The number of rotatable bonds is 5. The van der Waals surface area contributed by atoms with Gasteiger partial charge < -0.3 is 14.5 Å². The number of halogens is 5. The zero-order chi connectivity index (χ0) is 23.0. The molecule has 1 N–H and O–H groups in total. The lowest BCUT2D eigenvalue weighted by Gasteiger charge is -2.17. The van der Waals surface area contributed by atoms with Crippen LogP contribution in [0.5, 0.6) is 5.75 Å². The minimum absolute atomic E-state index is 0.172. The lowest BCUT2D eigenvalue weighted by molar-refractivity contribution is -0.127. The first kappa shape index (κ1) is 22.3. The van der Waals surface area contributed by atoms with Gasteiger partial charge in [-0.15, -0.1) is 0 Å². The average molecular weight is 441 g/mol. The quantitative estimate of drug-likeness (QED) is 0.279. The number of carbonyl (C=O) groups is 1. The van der Waals surface area contributed by atoms with Crippen molar-refractivity contribution in [1.82, 2.24) is 5.32 Å². The zero-order valence-electron chi connectivity index (χ0n) is 16.5. The molecule has 164 valence electrons. The highest BCUT2D eigenvalue weighted by Gasteiger charge is 2.29. The fraction of sp³-hybridized carbons (Fsp3) is 0.238. The standard InChI is InChI=1S/C21H16F5NO4/c1-8-4-5-12-11(6-13(28)31-19(12)9(8)2)7-27-21(29)10(3)30-20-17(25)15(23)14(22)16(24)18(20)26/h4-6,10H,7H2,1-3H3,(H,27,29). The fourth-order valence-corrected chi connectivity index (χ4v) is 2.92. The highest BCUT2D eigenvalue weighted by atomic mass is 19.2. The van der Waals surface area contributed by atoms with E-state index in [9.17, 15) is 31.5 Å². The lowest BCUT2D eigenvalue weighted by Crippen LogP contribution is -2.36. The Balaban J connectivity index is 1.81. The maximum Gasteiger partial charge on any atom is 0.336 e. The summed E-state index contributed by atoms with van der Waals surface area (Å²) in [5, 5.41) is 2.97. The number of amides is 1. The number of carbonyl (C=O) groups excluding carboxylic acids is 1. The van der Waals surface area contributed by atoms with Gasteiger partial charge in [0.25, 0.3) is 5.91 Å². The monoisotopic (exact) mass is 441 g/mol. The molecule has 0 aliphatic rings. The Bertz CT molecular complexity index is 1230. The third kappa shape index (κ3) is 4.10. The van der Waals surface area contributed by atoms with Gasteiger partial charge in [0, 0.05) is 18.0 Å². The minimum atomic E-state index is -2.33. The van der Waals surface area contributed by atoms with Gasteiger partial charge in [-0.05, 0) is 37.5 Å². The summed E-state index contributed by atoms with van der Waals surface area (Å²) >= 11 is 0. The van der Waals surface area contributed by atoms with E-state index < -0.39 is 52.5 Å². The third-order valence-corrected chi connectivity index (χ3v) is 4.80. The molecule has 1 heterocycles. The second-order valence-corrected chi connectivity index (χ2v) is 6.85. The molecule has 0 saturated heterocycles. The van der Waals surface area contributed by atoms with Crippen LogP contribution in [0.25, 0.3) is 11.0 Å². The Morgan fingerprint density at radius 1 is 1.03 bits per heavy atom. The summed E-state index contributed by atoms with van der Waals surface area (Å²) in [5.74, 6) is -13.5. The molecular formula is C21H16F5NO4. The Labute approximate surface area is 172 Å². The van der Waals surface area contributed by atoms with Gasteiger partial charge >= 0.3 is 5.63 Å². The van der Waals surface area contributed by atoms with Gasteiger partial charge in [-0.2, -0.15) is 8.78 Å². The number of hydrogen-bond donors (Lipinski definition) is 1. The zero-order valence-corrected chi connectivity index (χ0v) is 16.5. The first-order chi connectivity index (χ1) is 14.5. The van der Waals surface area contributed by atoms with E-state index in [1.165, 1.54) is 6.07 Å². The summed E-state index contributed by atoms with van der Waals surface area (Å²) in [6.07, 6.45) is -1.61. The van der Waals surface area contributed by atoms with Gasteiger partial charge in [-0.25, -0.2) is 18.0 Å². The Hall–Kier alpha value is -3.43. The van der Waals surface area contributed by atoms with Gasteiger partial charge in [-0.1, -0.05) is 12.1 Å². The van der Waals surface area contributed by atoms with Gasteiger partial charge in [0.1, 0.15) is 5.58 Å². The normalized spacial score (nSPS) is 12.1. The molecular weight excluding hydrogens is 425 g/mol. The van der Waals surface area contributed by atoms with Crippen molar-refractivity contribution in [2.24, 2.45) is 0 Å². The van der Waals surface area contributed by atoms with E-state index in [0.717, 1.165) is 18.1 Å². The van der Waals surface area contributed by atoms with E-state index in [1.54, 1.807) is 19.1 Å². The molecule has 0 fully saturated rings. The van der Waals surface area contributed by atoms with Crippen molar-refractivity contribution < 1.29 is 35.9 Å². The van der Waals surface area contributed by atoms with Crippen molar-refractivity contribution >= 4 is 16.9 Å². The van der Waals surface area contributed by atoms with Crippen LogP contribution in [-0.2, 0) is 11.3 Å². The summed E-state index contributed by atoms with van der Waals surface area (Å²) in [4.78, 5) is 24.1. The molecule has 0 saturated carbocycles. The van der Waals surface area contributed by atoms with Crippen molar-refractivity contribution in [3.63, 3.8) is 0 Å². The first-order valence-corrected chi connectivity index (χ1v) is 9.01. The number of ether oxygens (including phenoxy) is 1. The molecule has 3 rings (SSSR count).